The molecule has 1 aromatic heterocycles. The summed E-state index contributed by atoms with van der Waals surface area (Å²) in [6.07, 6.45) is 1.70. The number of nitrogens with zero attached hydrogens (tertiary/aromatic N) is 1. The number of nitrogens with two attached hydrogens (primary N) is 1. The van der Waals surface area contributed by atoms with E-state index in [1.54, 1.807) is 12.3 Å². The highest BCUT2D eigenvalue weighted by molar-refractivity contribution is 5.42. The first kappa shape index (κ1) is 12.4. The van der Waals surface area contributed by atoms with Crippen molar-refractivity contribution in [1.82, 2.24) is 4.98 Å². The van der Waals surface area contributed by atoms with Crippen LogP contribution in [0.1, 0.15) is 22.4 Å². The van der Waals surface area contributed by atoms with E-state index < -0.39 is 0 Å². The molecule has 2 aromatic rings. The van der Waals surface area contributed by atoms with Gasteiger partial charge in [0.25, 0.3) is 0 Å². The van der Waals surface area contributed by atoms with Gasteiger partial charge < -0.3 is 10.5 Å². The van der Waals surface area contributed by atoms with Crippen LogP contribution in [0, 0.1) is 20.8 Å². The standard InChI is InChI=1S/C15H18N2O/c1-10-6-11(2)12(3)15(7-10)18-9-14-8-13(16)4-5-17-14/h4-8H,9H2,1-3H3,(H2,16,17). The number of nitrogen functional groups attached to an aromatic ring is 1. The third-order valence-corrected chi connectivity index (χ3v) is 2.98. The maximum absolute atomic E-state index is 5.82. The number of rotatable bonds is 3. The Kier molecular flexibility index (Phi) is 3.51. The first-order valence-corrected chi connectivity index (χ1v) is 5.97. The van der Waals surface area contributed by atoms with Crippen molar-refractivity contribution in [2.45, 2.75) is 27.4 Å². The van der Waals surface area contributed by atoms with Crippen molar-refractivity contribution >= 4 is 5.69 Å². The average molecular weight is 242 g/mol. The predicted molar refractivity (Wildman–Crippen MR) is 73.6 cm³/mol. The molecule has 1 aromatic carbocycles. The first-order valence-electron chi connectivity index (χ1n) is 5.97. The van der Waals surface area contributed by atoms with Crippen LogP contribution in [0.3, 0.4) is 0 Å². The lowest BCUT2D eigenvalue weighted by Crippen LogP contribution is -2.01. The molecule has 0 aliphatic heterocycles. The minimum absolute atomic E-state index is 0.439. The van der Waals surface area contributed by atoms with Crippen LogP contribution in [-0.4, -0.2) is 4.98 Å². The van der Waals surface area contributed by atoms with Crippen molar-refractivity contribution in [2.24, 2.45) is 0 Å². The van der Waals surface area contributed by atoms with Gasteiger partial charge in [0, 0.05) is 11.9 Å². The monoisotopic (exact) mass is 242 g/mol. The smallest absolute Gasteiger partial charge is 0.130 e. The van der Waals surface area contributed by atoms with Gasteiger partial charge in [-0.25, -0.2) is 0 Å². The van der Waals surface area contributed by atoms with E-state index in [9.17, 15) is 0 Å². The zero-order valence-electron chi connectivity index (χ0n) is 11.0. The van der Waals surface area contributed by atoms with Crippen molar-refractivity contribution in [3.05, 3.63) is 52.8 Å². The number of aromatic nitrogens is 1. The first-order chi connectivity index (χ1) is 8.56. The summed E-state index contributed by atoms with van der Waals surface area (Å²) < 4.78 is 5.82. The summed E-state index contributed by atoms with van der Waals surface area (Å²) in [5, 5.41) is 0. The number of hydrogen-bond donors (Lipinski definition) is 1. The summed E-state index contributed by atoms with van der Waals surface area (Å²) in [6.45, 7) is 6.66. The van der Waals surface area contributed by atoms with Crippen LogP contribution in [0.5, 0.6) is 5.75 Å². The highest BCUT2D eigenvalue weighted by Crippen LogP contribution is 2.24. The maximum Gasteiger partial charge on any atom is 0.130 e. The zero-order valence-corrected chi connectivity index (χ0v) is 11.0. The van der Waals surface area contributed by atoms with Gasteiger partial charge in [-0.15, -0.1) is 0 Å². The van der Waals surface area contributed by atoms with Crippen LogP contribution in [0.15, 0.2) is 30.5 Å². The molecule has 94 valence electrons. The normalized spacial score (nSPS) is 10.4. The van der Waals surface area contributed by atoms with Crippen molar-refractivity contribution in [2.75, 3.05) is 5.73 Å². The number of pyridine rings is 1. The molecule has 3 heteroatoms. The Morgan fingerprint density at radius 3 is 2.67 bits per heavy atom. The van der Waals surface area contributed by atoms with E-state index >= 15 is 0 Å². The van der Waals surface area contributed by atoms with E-state index in [1.807, 2.05) is 6.07 Å². The van der Waals surface area contributed by atoms with Crippen molar-refractivity contribution < 1.29 is 4.74 Å². The molecule has 0 saturated heterocycles. The highest BCUT2D eigenvalue weighted by Gasteiger charge is 2.05. The summed E-state index contributed by atoms with van der Waals surface area (Å²) in [5.41, 5.74) is 10.9. The second-order valence-electron chi connectivity index (χ2n) is 4.57. The predicted octanol–water partition coefficient (Wildman–Crippen LogP) is 3.17. The molecule has 0 saturated carbocycles. The Morgan fingerprint density at radius 2 is 1.94 bits per heavy atom. The molecule has 2 rings (SSSR count). The van der Waals surface area contributed by atoms with Crippen molar-refractivity contribution in [1.29, 1.82) is 0 Å². The largest absolute Gasteiger partial charge is 0.487 e. The Labute approximate surface area is 108 Å². The SMILES string of the molecule is Cc1cc(C)c(C)c(OCc2cc(N)ccn2)c1. The zero-order chi connectivity index (χ0) is 13.1. The summed E-state index contributed by atoms with van der Waals surface area (Å²) >= 11 is 0. The maximum atomic E-state index is 5.82. The Morgan fingerprint density at radius 1 is 1.17 bits per heavy atom. The molecule has 0 fully saturated rings. The van der Waals surface area contributed by atoms with Crippen LogP contribution in [0.4, 0.5) is 5.69 Å². The molecule has 3 nitrogen and oxygen atoms in total. The molecule has 0 bridgehead atoms. The van der Waals surface area contributed by atoms with Gasteiger partial charge in [0.15, 0.2) is 0 Å². The van der Waals surface area contributed by atoms with Gasteiger partial charge in [0.1, 0.15) is 12.4 Å². The molecule has 0 atom stereocenters. The third kappa shape index (κ3) is 2.80. The molecule has 2 N–H and O–H groups in total. The number of aryl methyl sites for hydroxylation is 2. The van der Waals surface area contributed by atoms with Gasteiger partial charge in [-0.2, -0.15) is 0 Å². The second kappa shape index (κ2) is 5.08. The Balaban J connectivity index is 2.15. The van der Waals surface area contributed by atoms with Crippen LogP contribution >= 0.6 is 0 Å². The van der Waals surface area contributed by atoms with Crippen molar-refractivity contribution in [3.8, 4) is 5.75 Å². The quantitative estimate of drug-likeness (QED) is 0.899. The molecule has 0 spiro atoms. The topological polar surface area (TPSA) is 48.1 Å². The molecule has 0 aliphatic rings. The van der Waals surface area contributed by atoms with E-state index in [1.165, 1.54) is 16.7 Å². The molecule has 0 aliphatic carbocycles. The number of hydrogen-bond acceptors (Lipinski definition) is 3. The van der Waals surface area contributed by atoms with Crippen molar-refractivity contribution in [3.63, 3.8) is 0 Å². The molecular weight excluding hydrogens is 224 g/mol. The average Bonchev–Trinajstić information content (AvgIpc) is 2.32. The fourth-order valence-electron chi connectivity index (χ4n) is 1.88. The molecular formula is C15H18N2O. The van der Waals surface area contributed by atoms with Gasteiger partial charge in [-0.3, -0.25) is 4.98 Å². The van der Waals surface area contributed by atoms with E-state index in [4.69, 9.17) is 10.5 Å². The third-order valence-electron chi connectivity index (χ3n) is 2.98. The Hall–Kier alpha value is -2.03. The molecule has 18 heavy (non-hydrogen) atoms. The fourth-order valence-corrected chi connectivity index (χ4v) is 1.88. The van der Waals surface area contributed by atoms with Gasteiger partial charge in [-0.1, -0.05) is 6.07 Å². The lowest BCUT2D eigenvalue weighted by molar-refractivity contribution is 0.299. The molecule has 0 radical (unpaired) electrons. The highest BCUT2D eigenvalue weighted by atomic mass is 16.5. The van der Waals surface area contributed by atoms with Gasteiger partial charge >= 0.3 is 0 Å². The van der Waals surface area contributed by atoms with E-state index in [0.717, 1.165) is 11.4 Å². The minimum Gasteiger partial charge on any atom is -0.487 e. The Bertz CT molecular complexity index is 564. The lowest BCUT2D eigenvalue weighted by Gasteiger charge is -2.12. The summed E-state index contributed by atoms with van der Waals surface area (Å²) in [5.74, 6) is 0.914. The fraction of sp³-hybridized carbons (Fsp3) is 0.267. The summed E-state index contributed by atoms with van der Waals surface area (Å²) in [4.78, 5) is 4.22. The van der Waals surface area contributed by atoms with E-state index in [0.29, 0.717) is 12.3 Å². The van der Waals surface area contributed by atoms with E-state index in [2.05, 4.69) is 37.9 Å². The van der Waals surface area contributed by atoms with Gasteiger partial charge in [0.2, 0.25) is 0 Å². The second-order valence-corrected chi connectivity index (χ2v) is 4.57. The summed E-state index contributed by atoms with van der Waals surface area (Å²) in [7, 11) is 0. The van der Waals surface area contributed by atoms with Crippen LogP contribution < -0.4 is 10.5 Å². The van der Waals surface area contributed by atoms with E-state index in [-0.39, 0.29) is 0 Å². The van der Waals surface area contributed by atoms with Crippen LogP contribution in [0.25, 0.3) is 0 Å². The molecule has 1 heterocycles. The molecule has 0 unspecified atom stereocenters. The number of benzene rings is 1. The molecule has 0 amide bonds. The number of anilines is 1. The van der Waals surface area contributed by atoms with Crippen LogP contribution in [-0.2, 0) is 6.61 Å². The minimum atomic E-state index is 0.439. The summed E-state index contributed by atoms with van der Waals surface area (Å²) in [6, 6.07) is 7.80. The van der Waals surface area contributed by atoms with Crippen LogP contribution in [0.2, 0.25) is 0 Å². The van der Waals surface area contributed by atoms with Gasteiger partial charge in [0.05, 0.1) is 5.69 Å². The lowest BCUT2D eigenvalue weighted by atomic mass is 10.1. The number of ether oxygens (including phenoxy) is 1. The van der Waals surface area contributed by atoms with Gasteiger partial charge in [-0.05, 0) is 55.7 Å².